The molecule has 84 valence electrons. The van der Waals surface area contributed by atoms with Gasteiger partial charge in [-0.05, 0) is 30.0 Å². The van der Waals surface area contributed by atoms with Crippen LogP contribution in [0.5, 0.6) is 0 Å². The molecular weight excluding hydrogens is 227 g/mol. The molecule has 0 radical (unpaired) electrons. The maximum absolute atomic E-state index is 12.8. The summed E-state index contributed by atoms with van der Waals surface area (Å²) in [5, 5.41) is 8.59. The minimum absolute atomic E-state index is 0.282. The summed E-state index contributed by atoms with van der Waals surface area (Å²) in [6, 6.07) is 6.00. The second-order valence-corrected chi connectivity index (χ2v) is 4.35. The lowest BCUT2D eigenvalue weighted by atomic mass is 10.2. The molecule has 0 amide bonds. The smallest absolute Gasteiger partial charge is 0.210 e. The van der Waals surface area contributed by atoms with Crippen LogP contribution in [0.25, 0.3) is 11.4 Å². The fourth-order valence-corrected chi connectivity index (χ4v) is 1.88. The molecule has 0 aliphatic rings. The Morgan fingerprint density at radius 3 is 2.62 bits per heavy atom. The van der Waals surface area contributed by atoms with Crippen LogP contribution in [0.1, 0.15) is 6.92 Å². The molecule has 2 rings (SSSR count). The standard InChI is InChI=1S/C10H11FN4S/c1-2-16-10-14-13-9(15(10)12)7-3-5-8(11)6-4-7/h3-6H,2,12H2,1H3. The van der Waals surface area contributed by atoms with Crippen LogP contribution in [0.2, 0.25) is 0 Å². The van der Waals surface area contributed by atoms with Crippen LogP contribution >= 0.6 is 11.8 Å². The number of benzene rings is 1. The Bertz CT molecular complexity index is 480. The fourth-order valence-electron chi connectivity index (χ4n) is 1.30. The topological polar surface area (TPSA) is 56.7 Å². The van der Waals surface area contributed by atoms with Gasteiger partial charge in [-0.3, -0.25) is 0 Å². The molecule has 1 aromatic heterocycles. The summed E-state index contributed by atoms with van der Waals surface area (Å²) >= 11 is 1.51. The Hall–Kier alpha value is -1.56. The second-order valence-electron chi connectivity index (χ2n) is 3.12. The van der Waals surface area contributed by atoms with Crippen molar-refractivity contribution in [2.24, 2.45) is 0 Å². The molecule has 4 nitrogen and oxygen atoms in total. The molecule has 1 heterocycles. The van der Waals surface area contributed by atoms with E-state index in [0.717, 1.165) is 11.3 Å². The van der Waals surface area contributed by atoms with Gasteiger partial charge in [0.2, 0.25) is 5.16 Å². The molecule has 0 spiro atoms. The lowest BCUT2D eigenvalue weighted by Crippen LogP contribution is -2.11. The van der Waals surface area contributed by atoms with Crippen molar-refractivity contribution in [3.8, 4) is 11.4 Å². The Kier molecular flexibility index (Phi) is 3.09. The third-order valence-electron chi connectivity index (χ3n) is 2.04. The highest BCUT2D eigenvalue weighted by Crippen LogP contribution is 2.21. The number of rotatable bonds is 3. The lowest BCUT2D eigenvalue weighted by Gasteiger charge is -2.02. The van der Waals surface area contributed by atoms with Crippen LogP contribution in [0.15, 0.2) is 29.4 Å². The summed E-state index contributed by atoms with van der Waals surface area (Å²) in [4.78, 5) is 0. The maximum Gasteiger partial charge on any atom is 0.210 e. The van der Waals surface area contributed by atoms with Gasteiger partial charge >= 0.3 is 0 Å². The van der Waals surface area contributed by atoms with E-state index >= 15 is 0 Å². The number of nitrogens with zero attached hydrogens (tertiary/aromatic N) is 3. The molecule has 0 atom stereocenters. The molecule has 2 N–H and O–H groups in total. The highest BCUT2D eigenvalue weighted by Gasteiger charge is 2.11. The first kappa shape index (κ1) is 10.9. The summed E-state index contributed by atoms with van der Waals surface area (Å²) in [7, 11) is 0. The molecule has 0 fully saturated rings. The zero-order valence-electron chi connectivity index (χ0n) is 8.72. The molecule has 0 unspecified atom stereocenters. The third kappa shape index (κ3) is 2.01. The van der Waals surface area contributed by atoms with Crippen LogP contribution in [-0.4, -0.2) is 20.6 Å². The summed E-state index contributed by atoms with van der Waals surface area (Å²) in [6.07, 6.45) is 0. The molecule has 6 heteroatoms. The SMILES string of the molecule is CCSc1nnc(-c2ccc(F)cc2)n1N. The van der Waals surface area contributed by atoms with E-state index in [1.54, 1.807) is 12.1 Å². The van der Waals surface area contributed by atoms with Gasteiger partial charge in [-0.15, -0.1) is 10.2 Å². The van der Waals surface area contributed by atoms with Crippen molar-refractivity contribution >= 4 is 11.8 Å². The minimum Gasteiger partial charge on any atom is -0.335 e. The van der Waals surface area contributed by atoms with Gasteiger partial charge in [-0.25, -0.2) is 9.07 Å². The van der Waals surface area contributed by atoms with Crippen molar-refractivity contribution < 1.29 is 4.39 Å². The van der Waals surface area contributed by atoms with E-state index in [1.165, 1.54) is 28.6 Å². The van der Waals surface area contributed by atoms with Gasteiger partial charge in [-0.2, -0.15) is 0 Å². The largest absolute Gasteiger partial charge is 0.335 e. The monoisotopic (exact) mass is 238 g/mol. The number of hydrogen-bond acceptors (Lipinski definition) is 4. The van der Waals surface area contributed by atoms with Crippen molar-refractivity contribution in [1.29, 1.82) is 0 Å². The average molecular weight is 238 g/mol. The Labute approximate surface area is 96.6 Å². The predicted octanol–water partition coefficient (Wildman–Crippen LogP) is 1.91. The minimum atomic E-state index is -0.282. The Morgan fingerprint density at radius 1 is 1.31 bits per heavy atom. The Morgan fingerprint density at radius 2 is 2.00 bits per heavy atom. The van der Waals surface area contributed by atoms with Crippen LogP contribution in [0.3, 0.4) is 0 Å². The van der Waals surface area contributed by atoms with Crippen LogP contribution in [0.4, 0.5) is 4.39 Å². The van der Waals surface area contributed by atoms with Crippen molar-refractivity contribution in [3.05, 3.63) is 30.1 Å². The molecule has 0 aliphatic carbocycles. The van der Waals surface area contributed by atoms with Crippen LogP contribution in [-0.2, 0) is 0 Å². The Balaban J connectivity index is 2.37. The zero-order chi connectivity index (χ0) is 11.5. The van der Waals surface area contributed by atoms with Crippen molar-refractivity contribution in [3.63, 3.8) is 0 Å². The number of aromatic nitrogens is 3. The number of nitrogens with two attached hydrogens (primary N) is 1. The van der Waals surface area contributed by atoms with Gasteiger partial charge in [0, 0.05) is 5.56 Å². The zero-order valence-corrected chi connectivity index (χ0v) is 9.54. The first-order valence-electron chi connectivity index (χ1n) is 4.81. The van der Waals surface area contributed by atoms with E-state index < -0.39 is 0 Å². The van der Waals surface area contributed by atoms with Gasteiger partial charge in [0.25, 0.3) is 0 Å². The van der Waals surface area contributed by atoms with E-state index in [4.69, 9.17) is 5.84 Å². The van der Waals surface area contributed by atoms with E-state index in [-0.39, 0.29) is 5.82 Å². The van der Waals surface area contributed by atoms with E-state index in [9.17, 15) is 4.39 Å². The van der Waals surface area contributed by atoms with Crippen molar-refractivity contribution in [2.45, 2.75) is 12.1 Å². The normalized spacial score (nSPS) is 10.6. The second kappa shape index (κ2) is 4.52. The average Bonchev–Trinajstić information content (AvgIpc) is 2.63. The number of nitrogen functional groups attached to an aromatic ring is 1. The van der Waals surface area contributed by atoms with Crippen molar-refractivity contribution in [2.75, 3.05) is 11.6 Å². The molecule has 2 aromatic rings. The van der Waals surface area contributed by atoms with Gasteiger partial charge in [0.15, 0.2) is 5.82 Å². The molecule has 0 aliphatic heterocycles. The number of halogens is 1. The molecule has 1 aromatic carbocycles. The van der Waals surface area contributed by atoms with E-state index in [2.05, 4.69) is 10.2 Å². The highest BCUT2D eigenvalue weighted by atomic mass is 32.2. The van der Waals surface area contributed by atoms with E-state index in [1.807, 2.05) is 6.92 Å². The third-order valence-corrected chi connectivity index (χ3v) is 2.87. The van der Waals surface area contributed by atoms with Crippen LogP contribution < -0.4 is 5.84 Å². The summed E-state index contributed by atoms with van der Waals surface area (Å²) in [5.74, 6) is 6.97. The quantitative estimate of drug-likeness (QED) is 0.655. The van der Waals surface area contributed by atoms with Gasteiger partial charge in [0.05, 0.1) is 0 Å². The van der Waals surface area contributed by atoms with Gasteiger partial charge in [0.1, 0.15) is 5.82 Å². The first-order chi connectivity index (χ1) is 7.72. The summed E-state index contributed by atoms with van der Waals surface area (Å²) < 4.78 is 14.2. The fraction of sp³-hybridized carbons (Fsp3) is 0.200. The predicted molar refractivity (Wildman–Crippen MR) is 62.0 cm³/mol. The van der Waals surface area contributed by atoms with Gasteiger partial charge in [-0.1, -0.05) is 18.7 Å². The maximum atomic E-state index is 12.8. The molecule has 16 heavy (non-hydrogen) atoms. The van der Waals surface area contributed by atoms with Gasteiger partial charge < -0.3 is 5.84 Å². The first-order valence-corrected chi connectivity index (χ1v) is 5.80. The molecule has 0 saturated heterocycles. The van der Waals surface area contributed by atoms with Crippen LogP contribution in [0, 0.1) is 5.82 Å². The molecule has 0 saturated carbocycles. The lowest BCUT2D eigenvalue weighted by molar-refractivity contribution is 0.628. The number of thioether (sulfide) groups is 1. The number of hydrogen-bond donors (Lipinski definition) is 1. The molecular formula is C10H11FN4S. The van der Waals surface area contributed by atoms with Crippen molar-refractivity contribution in [1.82, 2.24) is 14.9 Å². The molecule has 0 bridgehead atoms. The summed E-state index contributed by atoms with van der Waals surface area (Å²) in [5.41, 5.74) is 0.749. The highest BCUT2D eigenvalue weighted by molar-refractivity contribution is 7.99. The van der Waals surface area contributed by atoms with E-state index in [0.29, 0.717) is 11.0 Å². The summed E-state index contributed by atoms with van der Waals surface area (Å²) in [6.45, 7) is 2.01.